The van der Waals surface area contributed by atoms with Crippen molar-refractivity contribution in [2.75, 3.05) is 4.90 Å². The van der Waals surface area contributed by atoms with Gasteiger partial charge in [0.15, 0.2) is 0 Å². The molecular formula is C56H40N2. The van der Waals surface area contributed by atoms with E-state index in [1.54, 1.807) is 0 Å². The molecule has 0 radical (unpaired) electrons. The minimum absolute atomic E-state index is 1.10. The maximum absolute atomic E-state index is 2.36. The van der Waals surface area contributed by atoms with Crippen molar-refractivity contribution < 1.29 is 0 Å². The number of hydrogen-bond donors (Lipinski definition) is 0. The van der Waals surface area contributed by atoms with Gasteiger partial charge >= 0.3 is 0 Å². The Morgan fingerprint density at radius 3 is 1.07 bits per heavy atom. The molecule has 58 heavy (non-hydrogen) atoms. The van der Waals surface area contributed by atoms with Gasteiger partial charge in [0, 0.05) is 33.5 Å². The van der Waals surface area contributed by atoms with E-state index in [0.29, 0.717) is 0 Å². The highest BCUT2D eigenvalue weighted by Gasteiger charge is 2.15. The van der Waals surface area contributed by atoms with Gasteiger partial charge in [0.25, 0.3) is 0 Å². The summed E-state index contributed by atoms with van der Waals surface area (Å²) in [5, 5.41) is 2.53. The van der Waals surface area contributed by atoms with E-state index in [1.807, 2.05) is 0 Å². The van der Waals surface area contributed by atoms with Gasteiger partial charge in [-0.3, -0.25) is 0 Å². The van der Waals surface area contributed by atoms with Crippen molar-refractivity contribution in [2.24, 2.45) is 0 Å². The molecule has 9 aromatic carbocycles. The Kier molecular flexibility index (Phi) is 9.27. The lowest BCUT2D eigenvalue weighted by atomic mass is 9.99. The second-order valence-electron chi connectivity index (χ2n) is 14.6. The zero-order valence-electron chi connectivity index (χ0n) is 32.0. The molecule has 0 fully saturated rings. The molecule has 10 aromatic rings. The van der Waals surface area contributed by atoms with Crippen LogP contribution in [0.1, 0.15) is 11.1 Å². The molecular weight excluding hydrogens is 701 g/mol. The van der Waals surface area contributed by atoms with Crippen LogP contribution < -0.4 is 4.90 Å². The van der Waals surface area contributed by atoms with Crippen LogP contribution in [0.2, 0.25) is 0 Å². The van der Waals surface area contributed by atoms with Gasteiger partial charge in [-0.15, -0.1) is 0 Å². The maximum Gasteiger partial charge on any atom is 0.0541 e. The van der Waals surface area contributed by atoms with Gasteiger partial charge in [0.05, 0.1) is 11.0 Å². The number of benzene rings is 9. The number of rotatable bonds is 9. The van der Waals surface area contributed by atoms with Gasteiger partial charge < -0.3 is 9.47 Å². The zero-order valence-corrected chi connectivity index (χ0v) is 32.0. The van der Waals surface area contributed by atoms with Gasteiger partial charge in [0.2, 0.25) is 0 Å². The molecule has 0 atom stereocenters. The van der Waals surface area contributed by atoms with E-state index in [0.717, 1.165) is 22.7 Å². The Hall–Kier alpha value is -7.68. The van der Waals surface area contributed by atoms with Crippen LogP contribution in [0, 0.1) is 0 Å². The molecule has 1 heterocycles. The fourth-order valence-corrected chi connectivity index (χ4v) is 8.03. The second kappa shape index (κ2) is 15.5. The van der Waals surface area contributed by atoms with Crippen molar-refractivity contribution in [3.63, 3.8) is 0 Å². The lowest BCUT2D eigenvalue weighted by molar-refractivity contribution is 1.17. The molecule has 0 aliphatic heterocycles. The molecule has 1 aromatic heterocycles. The van der Waals surface area contributed by atoms with Crippen LogP contribution in [0.4, 0.5) is 17.1 Å². The Bertz CT molecular complexity index is 2920. The monoisotopic (exact) mass is 740 g/mol. The van der Waals surface area contributed by atoms with Crippen molar-refractivity contribution in [2.45, 2.75) is 0 Å². The third-order valence-corrected chi connectivity index (χ3v) is 11.0. The summed E-state index contributed by atoms with van der Waals surface area (Å²) in [7, 11) is 0. The van der Waals surface area contributed by atoms with Gasteiger partial charge in [-0.05, 0) is 105 Å². The van der Waals surface area contributed by atoms with Gasteiger partial charge in [-0.1, -0.05) is 182 Å². The molecule has 0 aliphatic carbocycles. The number of fused-ring (bicyclic) bond motifs is 3. The van der Waals surface area contributed by atoms with Gasteiger partial charge in [0.1, 0.15) is 0 Å². The molecule has 2 nitrogen and oxygen atoms in total. The summed E-state index contributed by atoms with van der Waals surface area (Å²) in [6.45, 7) is 0. The summed E-state index contributed by atoms with van der Waals surface area (Å²) >= 11 is 0. The summed E-state index contributed by atoms with van der Waals surface area (Å²) < 4.78 is 2.36. The molecule has 10 rings (SSSR count). The molecule has 0 bridgehead atoms. The summed E-state index contributed by atoms with van der Waals surface area (Å²) in [6, 6.07) is 82.6. The molecule has 0 amide bonds. The fourth-order valence-electron chi connectivity index (χ4n) is 8.03. The first-order valence-electron chi connectivity index (χ1n) is 19.8. The average Bonchev–Trinajstić information content (AvgIpc) is 3.64. The number of anilines is 3. The third-order valence-electron chi connectivity index (χ3n) is 11.0. The Morgan fingerprint density at radius 1 is 0.276 bits per heavy atom. The number of para-hydroxylation sites is 3. The van der Waals surface area contributed by atoms with Crippen molar-refractivity contribution in [3.8, 4) is 39.1 Å². The largest absolute Gasteiger partial charge is 0.311 e. The Labute approximate surface area is 339 Å². The highest BCUT2D eigenvalue weighted by Crippen LogP contribution is 2.38. The van der Waals surface area contributed by atoms with E-state index in [1.165, 1.54) is 66.3 Å². The standard InChI is InChI=1S/C56H40N2/c1-3-11-43(12-4-1)44-25-21-41(22-26-44)19-20-42-23-27-45(28-24-42)46-29-31-47(32-30-46)48-33-35-50(36-34-48)57(49-13-5-2-6-14-49)51-37-39-52(40-38-51)58-55-17-9-7-15-53(55)54-16-8-10-18-56(54)58/h1-40H/b20-19+. The van der Waals surface area contributed by atoms with E-state index in [-0.39, 0.29) is 0 Å². The smallest absolute Gasteiger partial charge is 0.0541 e. The number of aromatic nitrogens is 1. The van der Waals surface area contributed by atoms with E-state index in [2.05, 4.69) is 252 Å². The van der Waals surface area contributed by atoms with Crippen molar-refractivity contribution in [1.29, 1.82) is 0 Å². The normalized spacial score (nSPS) is 11.4. The summed E-state index contributed by atoms with van der Waals surface area (Å²) in [5.41, 5.74) is 16.5. The van der Waals surface area contributed by atoms with Crippen LogP contribution in [-0.4, -0.2) is 4.57 Å². The predicted octanol–water partition coefficient (Wildman–Crippen LogP) is 15.4. The predicted molar refractivity (Wildman–Crippen MR) is 247 cm³/mol. The molecule has 0 aliphatic rings. The van der Waals surface area contributed by atoms with Crippen molar-refractivity contribution in [3.05, 3.63) is 242 Å². The first kappa shape index (κ1) is 34.8. The van der Waals surface area contributed by atoms with Crippen LogP contribution in [-0.2, 0) is 0 Å². The summed E-state index contributed by atoms with van der Waals surface area (Å²) in [6.07, 6.45) is 4.35. The minimum atomic E-state index is 1.10. The first-order chi connectivity index (χ1) is 28.7. The quantitative estimate of drug-likeness (QED) is 0.134. The lowest BCUT2D eigenvalue weighted by Crippen LogP contribution is -2.10. The molecule has 0 N–H and O–H groups in total. The highest BCUT2D eigenvalue weighted by molar-refractivity contribution is 6.09. The van der Waals surface area contributed by atoms with E-state index in [9.17, 15) is 0 Å². The topological polar surface area (TPSA) is 8.17 Å². The van der Waals surface area contributed by atoms with Gasteiger partial charge in [-0.25, -0.2) is 0 Å². The van der Waals surface area contributed by atoms with Crippen molar-refractivity contribution >= 4 is 51.0 Å². The lowest BCUT2D eigenvalue weighted by Gasteiger charge is -2.26. The first-order valence-corrected chi connectivity index (χ1v) is 19.8. The SMILES string of the molecule is C(=C\c1ccc(-c2ccc(-c3ccc(N(c4ccccc4)c4ccc(-n5c6ccccc6c6ccccc65)cc4)cc3)cc2)cc1)/c1ccc(-c2ccccc2)cc1. The van der Waals surface area contributed by atoms with E-state index < -0.39 is 0 Å². The molecule has 0 saturated heterocycles. The van der Waals surface area contributed by atoms with Crippen molar-refractivity contribution in [1.82, 2.24) is 4.57 Å². The summed E-state index contributed by atoms with van der Waals surface area (Å²) in [4.78, 5) is 2.32. The summed E-state index contributed by atoms with van der Waals surface area (Å²) in [5.74, 6) is 0. The molecule has 274 valence electrons. The number of hydrogen-bond acceptors (Lipinski definition) is 1. The second-order valence-corrected chi connectivity index (χ2v) is 14.6. The molecule has 2 heteroatoms. The van der Waals surface area contributed by atoms with Gasteiger partial charge in [-0.2, -0.15) is 0 Å². The minimum Gasteiger partial charge on any atom is -0.311 e. The molecule has 0 saturated carbocycles. The van der Waals surface area contributed by atoms with E-state index >= 15 is 0 Å². The van der Waals surface area contributed by atoms with Crippen LogP contribution in [0.25, 0.3) is 73.0 Å². The fraction of sp³-hybridized carbons (Fsp3) is 0. The average molecular weight is 741 g/mol. The van der Waals surface area contributed by atoms with Crippen LogP contribution in [0.3, 0.4) is 0 Å². The van der Waals surface area contributed by atoms with Crippen LogP contribution in [0.5, 0.6) is 0 Å². The van der Waals surface area contributed by atoms with Crippen LogP contribution >= 0.6 is 0 Å². The Morgan fingerprint density at radius 2 is 0.603 bits per heavy atom. The highest BCUT2D eigenvalue weighted by atomic mass is 15.1. The maximum atomic E-state index is 2.36. The zero-order chi connectivity index (χ0) is 38.7. The Balaban J connectivity index is 0.861. The third kappa shape index (κ3) is 6.89. The van der Waals surface area contributed by atoms with Crippen LogP contribution in [0.15, 0.2) is 231 Å². The molecule has 0 unspecified atom stereocenters. The molecule has 0 spiro atoms. The number of nitrogens with zero attached hydrogens (tertiary/aromatic N) is 2. The van der Waals surface area contributed by atoms with E-state index in [4.69, 9.17) is 0 Å².